The second-order valence-electron chi connectivity index (χ2n) is 8.47. The van der Waals surface area contributed by atoms with Crippen LogP contribution in [0.1, 0.15) is 47.0 Å². The summed E-state index contributed by atoms with van der Waals surface area (Å²) in [6, 6.07) is 21.6. The zero-order chi connectivity index (χ0) is 21.2. The number of rotatable bonds is 10. The van der Waals surface area contributed by atoms with E-state index >= 15 is 0 Å². The minimum absolute atomic E-state index is 0.00347. The Labute approximate surface area is 177 Å². The molecule has 0 radical (unpaired) electrons. The third-order valence-electron chi connectivity index (χ3n) is 5.21. The van der Waals surface area contributed by atoms with Crippen LogP contribution in [0.4, 0.5) is 0 Å². The number of hydrogen-bond acceptors (Lipinski definition) is 2. The summed E-state index contributed by atoms with van der Waals surface area (Å²) in [7, 11) is -2.47. The van der Waals surface area contributed by atoms with Gasteiger partial charge in [0, 0.05) is 6.10 Å². The Morgan fingerprint density at radius 2 is 1.45 bits per heavy atom. The van der Waals surface area contributed by atoms with Gasteiger partial charge in [-0.1, -0.05) is 99.7 Å². The molecule has 29 heavy (non-hydrogen) atoms. The molecule has 0 aliphatic carbocycles. The molecule has 3 heteroatoms. The van der Waals surface area contributed by atoms with Crippen LogP contribution in [0.15, 0.2) is 85.0 Å². The number of benzene rings is 2. The van der Waals surface area contributed by atoms with Gasteiger partial charge < -0.3 is 4.43 Å². The molecule has 0 fully saturated rings. The second kappa shape index (κ2) is 11.1. The molecule has 0 unspecified atom stereocenters. The van der Waals surface area contributed by atoms with E-state index in [1.807, 2.05) is 6.08 Å². The van der Waals surface area contributed by atoms with Crippen LogP contribution in [-0.2, 0) is 9.22 Å². The highest BCUT2D eigenvalue weighted by Gasteiger charge is 2.50. The van der Waals surface area contributed by atoms with Crippen LogP contribution in [0.3, 0.4) is 0 Å². The van der Waals surface area contributed by atoms with Crippen molar-refractivity contribution in [1.82, 2.24) is 0 Å². The maximum atomic E-state index is 10.3. The number of carbonyl (C=O) groups excluding carboxylic acids is 1. The maximum absolute atomic E-state index is 10.3. The fourth-order valence-corrected chi connectivity index (χ4v) is 8.60. The molecule has 0 bridgehead atoms. The average molecular weight is 407 g/mol. The van der Waals surface area contributed by atoms with Crippen molar-refractivity contribution in [2.24, 2.45) is 0 Å². The van der Waals surface area contributed by atoms with Gasteiger partial charge in [0.15, 0.2) is 0 Å². The summed E-state index contributed by atoms with van der Waals surface area (Å²) in [6.45, 7) is 9.14. The van der Waals surface area contributed by atoms with Crippen LogP contribution in [0.2, 0.25) is 5.04 Å². The first kappa shape index (κ1) is 23.0. The summed E-state index contributed by atoms with van der Waals surface area (Å²) in [4.78, 5) is 10.3. The van der Waals surface area contributed by atoms with Crippen molar-refractivity contribution in [3.8, 4) is 0 Å². The van der Waals surface area contributed by atoms with Gasteiger partial charge in [0.1, 0.15) is 6.29 Å². The summed E-state index contributed by atoms with van der Waals surface area (Å²) in [6.07, 6.45) is 11.3. The van der Waals surface area contributed by atoms with Gasteiger partial charge in [-0.2, -0.15) is 0 Å². The first-order chi connectivity index (χ1) is 13.9. The van der Waals surface area contributed by atoms with E-state index in [0.29, 0.717) is 0 Å². The standard InChI is InChI=1S/C26H34O2Si/c1-23(17-11-7-5-6-8-16-22-27)28-29(26(2,3)4,24-18-12-9-13-19-24)25-20-14-10-15-21-25/h5-6,8-10,12-16,18-23H,7,11,17H2,1-4H3/b6-5+,16-8+/t23-/m0/s1. The lowest BCUT2D eigenvalue weighted by Gasteiger charge is -2.44. The predicted molar refractivity (Wildman–Crippen MR) is 126 cm³/mol. The molecule has 0 saturated heterocycles. The summed E-state index contributed by atoms with van der Waals surface area (Å²) in [5.41, 5.74) is 0. The Morgan fingerprint density at radius 1 is 0.897 bits per heavy atom. The maximum Gasteiger partial charge on any atom is 0.261 e. The quantitative estimate of drug-likeness (QED) is 0.173. The van der Waals surface area contributed by atoms with Gasteiger partial charge in [-0.3, -0.25) is 4.79 Å². The fourth-order valence-electron chi connectivity index (χ4n) is 3.86. The van der Waals surface area contributed by atoms with E-state index in [9.17, 15) is 4.79 Å². The monoisotopic (exact) mass is 406 g/mol. The Hall–Kier alpha value is -2.23. The molecule has 2 rings (SSSR count). The molecule has 154 valence electrons. The fraction of sp³-hybridized carbons (Fsp3) is 0.346. The molecular formula is C26H34O2Si. The van der Waals surface area contributed by atoms with Crippen molar-refractivity contribution in [1.29, 1.82) is 0 Å². The highest BCUT2D eigenvalue weighted by atomic mass is 28.4. The van der Waals surface area contributed by atoms with E-state index in [2.05, 4.69) is 94.4 Å². The van der Waals surface area contributed by atoms with E-state index < -0.39 is 8.32 Å². The van der Waals surface area contributed by atoms with E-state index in [4.69, 9.17) is 4.43 Å². The van der Waals surface area contributed by atoms with Crippen LogP contribution in [0, 0.1) is 0 Å². The SMILES string of the molecule is C[C@@H](CCC/C=C/C=C/C=O)O[Si](c1ccccc1)(c1ccccc1)C(C)(C)C. The van der Waals surface area contributed by atoms with E-state index in [-0.39, 0.29) is 11.1 Å². The van der Waals surface area contributed by atoms with Gasteiger partial charge in [0.25, 0.3) is 8.32 Å². The van der Waals surface area contributed by atoms with Crippen LogP contribution in [-0.4, -0.2) is 20.7 Å². The molecule has 2 aromatic rings. The number of allylic oxidation sites excluding steroid dienone is 4. The number of hydrogen-bond donors (Lipinski definition) is 0. The summed E-state index contributed by atoms with van der Waals surface area (Å²) < 4.78 is 7.07. The van der Waals surface area contributed by atoms with Crippen molar-refractivity contribution < 1.29 is 9.22 Å². The predicted octanol–water partition coefficient (Wildman–Crippen LogP) is 5.43. The molecule has 0 aromatic heterocycles. The van der Waals surface area contributed by atoms with Crippen molar-refractivity contribution in [2.45, 2.75) is 58.1 Å². The zero-order valence-electron chi connectivity index (χ0n) is 18.2. The van der Waals surface area contributed by atoms with Crippen molar-refractivity contribution in [3.63, 3.8) is 0 Å². The second-order valence-corrected chi connectivity index (χ2v) is 12.7. The lowest BCUT2D eigenvalue weighted by molar-refractivity contribution is -0.104. The Balaban J connectivity index is 2.25. The lowest BCUT2D eigenvalue weighted by atomic mass is 10.1. The molecule has 0 N–H and O–H groups in total. The molecular weight excluding hydrogens is 372 g/mol. The van der Waals surface area contributed by atoms with Gasteiger partial charge in [-0.05, 0) is 47.7 Å². The highest BCUT2D eigenvalue weighted by Crippen LogP contribution is 2.37. The Kier molecular flexibility index (Phi) is 8.81. The van der Waals surface area contributed by atoms with Crippen LogP contribution >= 0.6 is 0 Å². The minimum atomic E-state index is -2.47. The molecule has 0 aliphatic heterocycles. The van der Waals surface area contributed by atoms with Crippen LogP contribution in [0.25, 0.3) is 0 Å². The van der Waals surface area contributed by atoms with Gasteiger partial charge in [0.2, 0.25) is 0 Å². The molecule has 2 nitrogen and oxygen atoms in total. The minimum Gasteiger partial charge on any atom is -0.405 e. The third-order valence-corrected chi connectivity index (χ3v) is 10.4. The zero-order valence-corrected chi connectivity index (χ0v) is 19.2. The molecule has 1 atom stereocenters. The molecule has 2 aromatic carbocycles. The first-order valence-electron chi connectivity index (χ1n) is 10.5. The van der Waals surface area contributed by atoms with Gasteiger partial charge in [0.05, 0.1) is 0 Å². The largest absolute Gasteiger partial charge is 0.405 e. The number of carbonyl (C=O) groups is 1. The molecule has 0 amide bonds. The summed E-state index contributed by atoms with van der Waals surface area (Å²) in [5.74, 6) is 0. The Bertz CT molecular complexity index is 749. The van der Waals surface area contributed by atoms with Gasteiger partial charge in [-0.25, -0.2) is 0 Å². The van der Waals surface area contributed by atoms with Crippen LogP contribution < -0.4 is 10.4 Å². The normalized spacial score (nSPS) is 13.8. The smallest absolute Gasteiger partial charge is 0.261 e. The van der Waals surface area contributed by atoms with Crippen LogP contribution in [0.5, 0.6) is 0 Å². The van der Waals surface area contributed by atoms with E-state index in [0.717, 1.165) is 25.5 Å². The van der Waals surface area contributed by atoms with E-state index in [1.54, 1.807) is 6.08 Å². The number of unbranched alkanes of at least 4 members (excludes halogenated alkanes) is 1. The summed E-state index contributed by atoms with van der Waals surface area (Å²) >= 11 is 0. The Morgan fingerprint density at radius 3 is 1.93 bits per heavy atom. The third kappa shape index (κ3) is 6.12. The van der Waals surface area contributed by atoms with Gasteiger partial charge >= 0.3 is 0 Å². The van der Waals surface area contributed by atoms with Crippen molar-refractivity contribution >= 4 is 25.0 Å². The van der Waals surface area contributed by atoms with Crippen molar-refractivity contribution in [2.75, 3.05) is 0 Å². The topological polar surface area (TPSA) is 26.3 Å². The summed E-state index contributed by atoms with van der Waals surface area (Å²) in [5, 5.41) is 2.65. The van der Waals surface area contributed by atoms with E-state index in [1.165, 1.54) is 16.4 Å². The van der Waals surface area contributed by atoms with Crippen molar-refractivity contribution in [3.05, 3.63) is 85.0 Å². The molecule has 0 aliphatic rings. The number of aldehydes is 1. The molecule has 0 spiro atoms. The van der Waals surface area contributed by atoms with Gasteiger partial charge in [-0.15, -0.1) is 0 Å². The molecule has 0 heterocycles. The molecule has 0 saturated carbocycles. The average Bonchev–Trinajstić information content (AvgIpc) is 2.71. The first-order valence-corrected chi connectivity index (χ1v) is 12.4. The lowest BCUT2D eigenvalue weighted by Crippen LogP contribution is -2.67. The highest BCUT2D eigenvalue weighted by molar-refractivity contribution is 6.99.